The molecule has 2 aliphatic rings. The average molecular weight is 393 g/mol. The summed E-state index contributed by atoms with van der Waals surface area (Å²) >= 11 is 3.50. The Balaban J connectivity index is 1.44. The van der Waals surface area contributed by atoms with Crippen LogP contribution in [-0.2, 0) is 0 Å². The van der Waals surface area contributed by atoms with Crippen LogP contribution >= 0.6 is 15.9 Å². The van der Waals surface area contributed by atoms with E-state index < -0.39 is 0 Å². The zero-order valence-electron chi connectivity index (χ0n) is 14.8. The lowest BCUT2D eigenvalue weighted by Gasteiger charge is -2.32. The molecule has 1 heterocycles. The van der Waals surface area contributed by atoms with Crippen LogP contribution in [0.1, 0.15) is 44.1 Å². The smallest absolute Gasteiger partial charge is 0.191 e. The molecule has 4 nitrogen and oxygen atoms in total. The first-order valence-corrected chi connectivity index (χ1v) is 9.96. The quantitative estimate of drug-likeness (QED) is 0.596. The molecule has 1 saturated carbocycles. The Kier molecular flexibility index (Phi) is 6.17. The summed E-state index contributed by atoms with van der Waals surface area (Å²) in [4.78, 5) is 7.00. The van der Waals surface area contributed by atoms with Crippen LogP contribution in [0.2, 0.25) is 0 Å². The molecular formula is C19H29BrN4. The van der Waals surface area contributed by atoms with Crippen LogP contribution < -0.4 is 10.6 Å². The first-order valence-electron chi connectivity index (χ1n) is 9.17. The lowest BCUT2D eigenvalue weighted by atomic mass is 10.1. The van der Waals surface area contributed by atoms with Gasteiger partial charge in [0.1, 0.15) is 0 Å². The van der Waals surface area contributed by atoms with Gasteiger partial charge in [-0.1, -0.05) is 35.0 Å². The lowest BCUT2D eigenvalue weighted by molar-refractivity contribution is 0.206. The predicted molar refractivity (Wildman–Crippen MR) is 105 cm³/mol. The van der Waals surface area contributed by atoms with Gasteiger partial charge < -0.3 is 15.5 Å². The molecule has 1 aromatic carbocycles. The number of guanidine groups is 1. The Morgan fingerprint density at radius 3 is 2.54 bits per heavy atom. The molecule has 0 bridgehead atoms. The second-order valence-electron chi connectivity index (χ2n) is 6.98. The fraction of sp³-hybridized carbons (Fsp3) is 0.632. The summed E-state index contributed by atoms with van der Waals surface area (Å²) in [7, 11) is 1.87. The maximum Gasteiger partial charge on any atom is 0.191 e. The summed E-state index contributed by atoms with van der Waals surface area (Å²) in [5, 5.41) is 7.23. The largest absolute Gasteiger partial charge is 0.354 e. The van der Waals surface area contributed by atoms with Crippen molar-refractivity contribution in [3.05, 3.63) is 34.3 Å². The summed E-state index contributed by atoms with van der Waals surface area (Å²) in [6.45, 7) is 5.89. The van der Waals surface area contributed by atoms with Crippen molar-refractivity contribution in [1.29, 1.82) is 0 Å². The third-order valence-corrected chi connectivity index (χ3v) is 5.63. The molecule has 0 spiro atoms. The van der Waals surface area contributed by atoms with E-state index in [4.69, 9.17) is 0 Å². The van der Waals surface area contributed by atoms with Gasteiger partial charge in [0.25, 0.3) is 0 Å². The normalized spacial score (nSPS) is 25.5. The minimum absolute atomic E-state index is 0.512. The molecule has 2 unspecified atom stereocenters. The van der Waals surface area contributed by atoms with Crippen LogP contribution in [0, 0.1) is 0 Å². The molecule has 132 valence electrons. The highest BCUT2D eigenvalue weighted by molar-refractivity contribution is 9.10. The van der Waals surface area contributed by atoms with E-state index in [1.807, 2.05) is 7.05 Å². The van der Waals surface area contributed by atoms with Gasteiger partial charge in [-0.3, -0.25) is 4.99 Å². The Hall–Kier alpha value is -1.07. The molecule has 0 radical (unpaired) electrons. The summed E-state index contributed by atoms with van der Waals surface area (Å²) in [6.07, 6.45) is 4.86. The van der Waals surface area contributed by atoms with Crippen molar-refractivity contribution in [2.45, 2.75) is 50.6 Å². The molecule has 0 aromatic heterocycles. The molecule has 0 amide bonds. The third-order valence-electron chi connectivity index (χ3n) is 5.10. The van der Waals surface area contributed by atoms with Gasteiger partial charge in [0.05, 0.1) is 0 Å². The molecule has 24 heavy (non-hydrogen) atoms. The molecule has 1 aromatic rings. The number of piperidine rings is 1. The van der Waals surface area contributed by atoms with Crippen LogP contribution in [0.25, 0.3) is 0 Å². The van der Waals surface area contributed by atoms with Gasteiger partial charge in [-0.15, -0.1) is 0 Å². The van der Waals surface area contributed by atoms with E-state index in [2.05, 4.69) is 67.6 Å². The Bertz CT molecular complexity index is 549. The maximum absolute atomic E-state index is 4.43. The standard InChI is InChI=1S/C19H29BrN4/c1-3-10-24-11-8-16(9-12-24)22-19(21-2)23-18-13-17(18)14-4-6-15(20)7-5-14/h4-7,16-18H,3,8-13H2,1-2H3,(H2,21,22,23). The van der Waals surface area contributed by atoms with Crippen molar-refractivity contribution < 1.29 is 0 Å². The van der Waals surface area contributed by atoms with Crippen molar-refractivity contribution in [3.8, 4) is 0 Å². The number of benzene rings is 1. The number of hydrogen-bond donors (Lipinski definition) is 2. The number of aliphatic imine (C=N–C) groups is 1. The molecule has 1 saturated heterocycles. The molecule has 1 aliphatic carbocycles. The molecule has 2 atom stereocenters. The van der Waals surface area contributed by atoms with Crippen LogP contribution in [-0.4, -0.2) is 49.6 Å². The number of hydrogen-bond acceptors (Lipinski definition) is 2. The fourth-order valence-corrected chi connectivity index (χ4v) is 3.85. The Labute approximate surface area is 154 Å². The van der Waals surface area contributed by atoms with Gasteiger partial charge in [0.15, 0.2) is 5.96 Å². The summed E-state index contributed by atoms with van der Waals surface area (Å²) < 4.78 is 1.14. The summed E-state index contributed by atoms with van der Waals surface area (Å²) in [5.41, 5.74) is 1.42. The fourth-order valence-electron chi connectivity index (χ4n) is 3.59. The first-order chi connectivity index (χ1) is 11.7. The van der Waals surface area contributed by atoms with Gasteiger partial charge >= 0.3 is 0 Å². The number of halogens is 1. The van der Waals surface area contributed by atoms with E-state index in [1.54, 1.807) is 0 Å². The maximum atomic E-state index is 4.43. The number of nitrogens with one attached hydrogen (secondary N) is 2. The number of nitrogens with zero attached hydrogens (tertiary/aromatic N) is 2. The predicted octanol–water partition coefficient (Wildman–Crippen LogP) is 3.34. The Morgan fingerprint density at radius 2 is 1.92 bits per heavy atom. The molecule has 5 heteroatoms. The summed E-state index contributed by atoms with van der Waals surface area (Å²) in [5.74, 6) is 1.58. The number of likely N-dealkylation sites (tertiary alicyclic amines) is 1. The van der Waals surface area contributed by atoms with Crippen LogP contribution in [0.4, 0.5) is 0 Å². The second kappa shape index (κ2) is 8.34. The topological polar surface area (TPSA) is 39.7 Å². The lowest BCUT2D eigenvalue weighted by Crippen LogP contribution is -2.49. The van der Waals surface area contributed by atoms with Crippen molar-refractivity contribution in [3.63, 3.8) is 0 Å². The number of rotatable bonds is 5. The third kappa shape index (κ3) is 4.73. The van der Waals surface area contributed by atoms with Crippen LogP contribution in [0.15, 0.2) is 33.7 Å². The van der Waals surface area contributed by atoms with E-state index in [9.17, 15) is 0 Å². The SMILES string of the molecule is CCCN1CCC(NC(=NC)NC2CC2c2ccc(Br)cc2)CC1. The first kappa shape index (κ1) is 17.7. The van der Waals surface area contributed by atoms with Crippen molar-refractivity contribution in [2.24, 2.45) is 4.99 Å². The van der Waals surface area contributed by atoms with Gasteiger partial charge in [0, 0.05) is 42.6 Å². The van der Waals surface area contributed by atoms with Crippen molar-refractivity contribution >= 4 is 21.9 Å². The monoisotopic (exact) mass is 392 g/mol. The molecular weight excluding hydrogens is 364 g/mol. The Morgan fingerprint density at radius 1 is 1.21 bits per heavy atom. The van der Waals surface area contributed by atoms with E-state index in [0.717, 1.165) is 10.4 Å². The van der Waals surface area contributed by atoms with E-state index in [1.165, 1.54) is 50.9 Å². The van der Waals surface area contributed by atoms with Gasteiger partial charge in [-0.2, -0.15) is 0 Å². The zero-order chi connectivity index (χ0) is 16.9. The average Bonchev–Trinajstić information content (AvgIpc) is 3.36. The van der Waals surface area contributed by atoms with Gasteiger partial charge in [-0.25, -0.2) is 0 Å². The van der Waals surface area contributed by atoms with E-state index in [0.29, 0.717) is 18.0 Å². The van der Waals surface area contributed by atoms with Crippen LogP contribution in [0.3, 0.4) is 0 Å². The minimum atomic E-state index is 0.512. The zero-order valence-corrected chi connectivity index (χ0v) is 16.3. The highest BCUT2D eigenvalue weighted by Gasteiger charge is 2.39. The van der Waals surface area contributed by atoms with Crippen molar-refractivity contribution in [1.82, 2.24) is 15.5 Å². The highest BCUT2D eigenvalue weighted by atomic mass is 79.9. The molecule has 2 fully saturated rings. The second-order valence-corrected chi connectivity index (χ2v) is 7.89. The van der Waals surface area contributed by atoms with Gasteiger partial charge in [0.2, 0.25) is 0 Å². The van der Waals surface area contributed by atoms with E-state index in [-0.39, 0.29) is 0 Å². The van der Waals surface area contributed by atoms with E-state index >= 15 is 0 Å². The molecule has 2 N–H and O–H groups in total. The molecule has 3 rings (SSSR count). The van der Waals surface area contributed by atoms with Crippen molar-refractivity contribution in [2.75, 3.05) is 26.7 Å². The highest BCUT2D eigenvalue weighted by Crippen LogP contribution is 2.41. The minimum Gasteiger partial charge on any atom is -0.354 e. The summed E-state index contributed by atoms with van der Waals surface area (Å²) in [6, 6.07) is 9.75. The molecule has 1 aliphatic heterocycles. The van der Waals surface area contributed by atoms with Gasteiger partial charge in [-0.05, 0) is 49.9 Å². The van der Waals surface area contributed by atoms with Crippen LogP contribution in [0.5, 0.6) is 0 Å².